The lowest BCUT2D eigenvalue weighted by Crippen LogP contribution is -2.24. The highest BCUT2D eigenvalue weighted by Crippen LogP contribution is 2.32. The third-order valence-electron chi connectivity index (χ3n) is 3.95. The number of nitrogens with one attached hydrogen (secondary N) is 2. The van der Waals surface area contributed by atoms with Crippen LogP contribution in [0.2, 0.25) is 0 Å². The third-order valence-corrected chi connectivity index (χ3v) is 3.95. The Labute approximate surface area is 133 Å². The van der Waals surface area contributed by atoms with Gasteiger partial charge in [0.05, 0.1) is 6.42 Å². The monoisotopic (exact) mass is 308 g/mol. The maximum Gasteiger partial charge on any atom is 0.231 e. The van der Waals surface area contributed by atoms with Crippen LogP contribution in [-0.2, 0) is 17.8 Å². The summed E-state index contributed by atoms with van der Waals surface area (Å²) in [7, 11) is 0. The maximum atomic E-state index is 12.2. The number of aromatic amines is 1. The minimum atomic E-state index is -0.00702. The van der Waals surface area contributed by atoms with Gasteiger partial charge in [0.2, 0.25) is 12.7 Å². The van der Waals surface area contributed by atoms with Crippen LogP contribution in [-0.4, -0.2) is 17.7 Å². The molecule has 5 nitrogen and oxygen atoms in total. The Bertz CT molecular complexity index is 870. The van der Waals surface area contributed by atoms with Gasteiger partial charge in [0.25, 0.3) is 0 Å². The van der Waals surface area contributed by atoms with Crippen molar-refractivity contribution in [1.82, 2.24) is 10.3 Å². The molecule has 2 aromatic carbocycles. The zero-order valence-corrected chi connectivity index (χ0v) is 12.5. The zero-order valence-electron chi connectivity index (χ0n) is 12.5. The number of para-hydroxylation sites is 1. The Balaban J connectivity index is 1.40. The van der Waals surface area contributed by atoms with Gasteiger partial charge in [-0.15, -0.1) is 0 Å². The zero-order chi connectivity index (χ0) is 15.6. The number of fused-ring (bicyclic) bond motifs is 2. The number of hydrogen-bond donors (Lipinski definition) is 2. The van der Waals surface area contributed by atoms with Crippen LogP contribution in [0.4, 0.5) is 0 Å². The Hall–Kier alpha value is -2.95. The number of carbonyl (C=O) groups excluding carboxylic acids is 1. The van der Waals surface area contributed by atoms with Crippen molar-refractivity contribution < 1.29 is 14.3 Å². The van der Waals surface area contributed by atoms with Crippen LogP contribution in [0.15, 0.2) is 48.7 Å². The number of benzene rings is 2. The number of hydrogen-bond acceptors (Lipinski definition) is 3. The summed E-state index contributed by atoms with van der Waals surface area (Å²) in [5.74, 6) is 1.47. The summed E-state index contributed by atoms with van der Waals surface area (Å²) in [6.45, 7) is 0.726. The number of ether oxygens (including phenoxy) is 2. The molecule has 0 spiro atoms. The molecule has 3 aromatic rings. The van der Waals surface area contributed by atoms with Gasteiger partial charge in [-0.25, -0.2) is 0 Å². The summed E-state index contributed by atoms with van der Waals surface area (Å²) in [6, 6.07) is 13.7. The van der Waals surface area contributed by atoms with E-state index in [1.54, 1.807) is 0 Å². The van der Waals surface area contributed by atoms with Crippen molar-refractivity contribution in [3.63, 3.8) is 0 Å². The molecule has 0 aliphatic carbocycles. The fourth-order valence-corrected chi connectivity index (χ4v) is 2.76. The smallest absolute Gasteiger partial charge is 0.231 e. The Morgan fingerprint density at radius 3 is 2.96 bits per heavy atom. The second-order valence-electron chi connectivity index (χ2n) is 5.50. The third kappa shape index (κ3) is 2.73. The van der Waals surface area contributed by atoms with Crippen molar-refractivity contribution in [2.24, 2.45) is 0 Å². The molecule has 2 heterocycles. The predicted molar refractivity (Wildman–Crippen MR) is 86.4 cm³/mol. The average molecular weight is 308 g/mol. The fraction of sp³-hybridized carbons (Fsp3) is 0.167. The summed E-state index contributed by atoms with van der Waals surface area (Å²) in [4.78, 5) is 15.4. The van der Waals surface area contributed by atoms with E-state index < -0.39 is 0 Å². The van der Waals surface area contributed by atoms with Crippen LogP contribution in [0, 0.1) is 0 Å². The van der Waals surface area contributed by atoms with Crippen LogP contribution in [0.25, 0.3) is 10.9 Å². The topological polar surface area (TPSA) is 63.4 Å². The van der Waals surface area contributed by atoms with Crippen molar-refractivity contribution in [3.8, 4) is 11.5 Å². The number of H-pyrrole nitrogens is 1. The summed E-state index contributed by atoms with van der Waals surface area (Å²) in [5.41, 5.74) is 3.04. The van der Waals surface area contributed by atoms with Gasteiger partial charge >= 0.3 is 0 Å². The molecule has 2 N–H and O–H groups in total. The first-order valence-electron chi connectivity index (χ1n) is 7.50. The lowest BCUT2D eigenvalue weighted by atomic mass is 10.1. The molecule has 0 unspecified atom stereocenters. The van der Waals surface area contributed by atoms with Gasteiger partial charge in [-0.3, -0.25) is 4.79 Å². The second kappa shape index (κ2) is 5.68. The number of amides is 1. The summed E-state index contributed by atoms with van der Waals surface area (Å²) >= 11 is 0. The molecule has 0 fully saturated rings. The molecule has 0 saturated carbocycles. The van der Waals surface area contributed by atoms with E-state index in [9.17, 15) is 4.79 Å². The molecule has 116 valence electrons. The van der Waals surface area contributed by atoms with Gasteiger partial charge < -0.3 is 19.8 Å². The molecule has 0 bridgehead atoms. The van der Waals surface area contributed by atoms with E-state index in [-0.39, 0.29) is 12.7 Å². The first-order valence-corrected chi connectivity index (χ1v) is 7.50. The van der Waals surface area contributed by atoms with Crippen molar-refractivity contribution in [1.29, 1.82) is 0 Å². The molecular formula is C18H16N2O3. The van der Waals surface area contributed by atoms with Gasteiger partial charge in [0.1, 0.15) is 0 Å². The normalized spacial score (nSPS) is 12.5. The van der Waals surface area contributed by atoms with E-state index in [1.165, 1.54) is 0 Å². The van der Waals surface area contributed by atoms with Gasteiger partial charge in [-0.1, -0.05) is 24.3 Å². The maximum absolute atomic E-state index is 12.2. The minimum Gasteiger partial charge on any atom is -0.454 e. The van der Waals surface area contributed by atoms with Crippen molar-refractivity contribution in [2.75, 3.05) is 6.79 Å². The molecule has 5 heteroatoms. The van der Waals surface area contributed by atoms with Crippen LogP contribution >= 0.6 is 0 Å². The first-order chi connectivity index (χ1) is 11.3. The Morgan fingerprint density at radius 2 is 2.00 bits per heavy atom. The lowest BCUT2D eigenvalue weighted by Gasteiger charge is -2.06. The van der Waals surface area contributed by atoms with Crippen molar-refractivity contribution >= 4 is 16.8 Å². The largest absolute Gasteiger partial charge is 0.454 e. The van der Waals surface area contributed by atoms with E-state index in [2.05, 4.69) is 10.3 Å². The number of rotatable bonds is 4. The number of carbonyl (C=O) groups is 1. The molecule has 4 rings (SSSR count). The Kier molecular flexibility index (Phi) is 3.38. The van der Waals surface area contributed by atoms with Crippen molar-refractivity contribution in [2.45, 2.75) is 13.0 Å². The highest BCUT2D eigenvalue weighted by Gasteiger charge is 2.14. The highest BCUT2D eigenvalue weighted by atomic mass is 16.7. The molecule has 0 radical (unpaired) electrons. The highest BCUT2D eigenvalue weighted by molar-refractivity contribution is 5.88. The molecule has 1 aliphatic heterocycles. The van der Waals surface area contributed by atoms with Gasteiger partial charge in [0.15, 0.2) is 11.5 Å². The van der Waals surface area contributed by atoms with Crippen molar-refractivity contribution in [3.05, 3.63) is 59.8 Å². The predicted octanol–water partition coefficient (Wildman–Crippen LogP) is 2.76. The summed E-state index contributed by atoms with van der Waals surface area (Å²) in [6.07, 6.45) is 2.25. The summed E-state index contributed by atoms with van der Waals surface area (Å²) < 4.78 is 10.6. The lowest BCUT2D eigenvalue weighted by molar-refractivity contribution is -0.120. The van der Waals surface area contributed by atoms with Crippen LogP contribution in [0.5, 0.6) is 11.5 Å². The summed E-state index contributed by atoms with van der Waals surface area (Å²) in [5, 5.41) is 4.03. The fourth-order valence-electron chi connectivity index (χ4n) is 2.76. The Morgan fingerprint density at radius 1 is 1.13 bits per heavy atom. The quantitative estimate of drug-likeness (QED) is 0.779. The molecular weight excluding hydrogens is 292 g/mol. The SMILES string of the molecule is O=C(Cc1c[nH]c2ccccc12)NCc1ccc2c(c1)OCO2. The molecule has 0 saturated heterocycles. The van der Waals surface area contributed by atoms with Gasteiger partial charge in [-0.05, 0) is 29.3 Å². The minimum absolute atomic E-state index is 0.00702. The van der Waals surface area contributed by atoms with E-state index in [4.69, 9.17) is 9.47 Å². The van der Waals surface area contributed by atoms with E-state index >= 15 is 0 Å². The molecule has 1 amide bonds. The first kappa shape index (κ1) is 13.7. The van der Waals surface area contributed by atoms with E-state index in [1.807, 2.05) is 48.7 Å². The number of aromatic nitrogens is 1. The molecule has 0 atom stereocenters. The molecule has 23 heavy (non-hydrogen) atoms. The average Bonchev–Trinajstić information content (AvgIpc) is 3.20. The molecule has 1 aliphatic rings. The van der Waals surface area contributed by atoms with Crippen LogP contribution in [0.1, 0.15) is 11.1 Å². The van der Waals surface area contributed by atoms with E-state index in [0.29, 0.717) is 13.0 Å². The van der Waals surface area contributed by atoms with E-state index in [0.717, 1.165) is 33.5 Å². The van der Waals surface area contributed by atoms with Gasteiger partial charge in [0, 0.05) is 23.6 Å². The van der Waals surface area contributed by atoms with Gasteiger partial charge in [-0.2, -0.15) is 0 Å². The second-order valence-corrected chi connectivity index (χ2v) is 5.50. The van der Waals surface area contributed by atoms with Crippen LogP contribution in [0.3, 0.4) is 0 Å². The standard InChI is InChI=1S/C18H16N2O3/c21-18(8-13-10-19-15-4-2-1-3-14(13)15)20-9-12-5-6-16-17(7-12)23-11-22-16/h1-7,10,19H,8-9,11H2,(H,20,21). The molecule has 1 aromatic heterocycles. The van der Waals surface area contributed by atoms with Crippen LogP contribution < -0.4 is 14.8 Å².